The molecule has 34 heavy (non-hydrogen) atoms. The zero-order chi connectivity index (χ0) is 24.7. The molecular weight excluding hydrogens is 456 g/mol. The summed E-state index contributed by atoms with van der Waals surface area (Å²) in [7, 11) is 1.55. The molecule has 2 amide bonds. The molecule has 2 N–H and O–H groups in total. The van der Waals surface area contributed by atoms with Crippen molar-refractivity contribution >= 4 is 23.6 Å². The zero-order valence-electron chi connectivity index (χ0n) is 19.9. The van der Waals surface area contributed by atoms with Gasteiger partial charge >= 0.3 is 12.0 Å². The molecule has 8 heteroatoms. The number of amides is 2. The Hall–Kier alpha value is -3.19. The minimum atomic E-state index is -0.694. The van der Waals surface area contributed by atoms with E-state index < -0.39 is 12.0 Å². The summed E-state index contributed by atoms with van der Waals surface area (Å²) in [4.78, 5) is 25.6. The second-order valence-corrected chi connectivity index (χ2v) is 8.68. The van der Waals surface area contributed by atoms with Gasteiger partial charge in [-0.3, -0.25) is 0 Å². The maximum atomic E-state index is 13.1. The summed E-state index contributed by atoms with van der Waals surface area (Å²) in [5.74, 6) is 0.532. The highest BCUT2D eigenvalue weighted by atomic mass is 35.5. The molecule has 0 spiro atoms. The SMILES string of the molecule is CCCCC1=C(C(=O)OC(C)C)C(c2ccc(OC)c(OCc3ccccc3Cl)c2)NC(=O)N1. The molecule has 0 fully saturated rings. The third-order valence-corrected chi connectivity index (χ3v) is 5.73. The molecule has 1 aliphatic rings. The van der Waals surface area contributed by atoms with Crippen LogP contribution in [0.1, 0.15) is 57.2 Å². The first-order valence-electron chi connectivity index (χ1n) is 11.4. The lowest BCUT2D eigenvalue weighted by molar-refractivity contribution is -0.143. The quantitative estimate of drug-likeness (QED) is 0.422. The lowest BCUT2D eigenvalue weighted by Crippen LogP contribution is -2.46. The lowest BCUT2D eigenvalue weighted by atomic mass is 9.93. The summed E-state index contributed by atoms with van der Waals surface area (Å²) in [6.45, 7) is 5.88. The molecule has 1 atom stereocenters. The Balaban J connectivity index is 1.99. The van der Waals surface area contributed by atoms with Crippen LogP contribution in [0.25, 0.3) is 0 Å². The fourth-order valence-corrected chi connectivity index (χ4v) is 3.88. The van der Waals surface area contributed by atoms with Gasteiger partial charge in [0, 0.05) is 16.3 Å². The summed E-state index contributed by atoms with van der Waals surface area (Å²) in [5.41, 5.74) is 2.48. The zero-order valence-corrected chi connectivity index (χ0v) is 20.7. The van der Waals surface area contributed by atoms with Gasteiger partial charge in [-0.25, -0.2) is 9.59 Å². The van der Waals surface area contributed by atoms with Crippen molar-refractivity contribution in [2.75, 3.05) is 7.11 Å². The first kappa shape index (κ1) is 25.4. The van der Waals surface area contributed by atoms with Crippen molar-refractivity contribution in [3.05, 3.63) is 69.9 Å². The van der Waals surface area contributed by atoms with Gasteiger partial charge in [0.2, 0.25) is 0 Å². The second kappa shape index (κ2) is 11.8. The van der Waals surface area contributed by atoms with Gasteiger partial charge in [-0.05, 0) is 50.5 Å². The molecule has 7 nitrogen and oxygen atoms in total. The molecule has 0 aliphatic carbocycles. The Morgan fingerprint density at radius 2 is 1.91 bits per heavy atom. The van der Waals surface area contributed by atoms with Crippen LogP contribution in [0.4, 0.5) is 4.79 Å². The number of halogens is 1. The number of hydrogen-bond acceptors (Lipinski definition) is 5. The minimum Gasteiger partial charge on any atom is -0.493 e. The van der Waals surface area contributed by atoms with Crippen molar-refractivity contribution in [1.29, 1.82) is 0 Å². The van der Waals surface area contributed by atoms with E-state index in [-0.39, 0.29) is 18.7 Å². The summed E-state index contributed by atoms with van der Waals surface area (Å²) < 4.78 is 17.0. The molecule has 0 radical (unpaired) electrons. The molecule has 1 unspecified atom stereocenters. The molecule has 2 aromatic carbocycles. The topological polar surface area (TPSA) is 85.9 Å². The number of ether oxygens (including phenoxy) is 3. The van der Waals surface area contributed by atoms with E-state index in [2.05, 4.69) is 17.6 Å². The highest BCUT2D eigenvalue weighted by Gasteiger charge is 2.34. The van der Waals surface area contributed by atoms with Crippen molar-refractivity contribution < 1.29 is 23.8 Å². The van der Waals surface area contributed by atoms with Crippen LogP contribution in [0.2, 0.25) is 5.02 Å². The molecule has 1 heterocycles. The summed E-state index contributed by atoms with van der Waals surface area (Å²) in [5, 5.41) is 6.27. The summed E-state index contributed by atoms with van der Waals surface area (Å²) in [6.07, 6.45) is 2.02. The van der Waals surface area contributed by atoms with Crippen molar-refractivity contribution in [3.8, 4) is 11.5 Å². The standard InChI is InChI=1S/C26H31ClN2O5/c1-5-6-11-20-23(25(30)34-16(2)3)24(29-26(31)28-20)17-12-13-21(32-4)22(14-17)33-15-18-9-7-8-10-19(18)27/h7-10,12-14,16,24H,5-6,11,15H2,1-4H3,(H2,28,29,31). The van der Waals surface area contributed by atoms with Crippen LogP contribution in [0.15, 0.2) is 53.7 Å². The van der Waals surface area contributed by atoms with Crippen LogP contribution in [0, 0.1) is 0 Å². The number of methoxy groups -OCH3 is 1. The van der Waals surface area contributed by atoms with Gasteiger partial charge in [0.25, 0.3) is 0 Å². The van der Waals surface area contributed by atoms with Crippen LogP contribution >= 0.6 is 11.6 Å². The number of carbonyl (C=O) groups excluding carboxylic acids is 2. The second-order valence-electron chi connectivity index (χ2n) is 8.27. The first-order chi connectivity index (χ1) is 16.3. The summed E-state index contributed by atoms with van der Waals surface area (Å²) in [6, 6.07) is 11.7. The monoisotopic (exact) mass is 486 g/mol. The normalized spacial score (nSPS) is 15.6. The number of allylic oxidation sites excluding steroid dienone is 1. The Kier molecular flexibility index (Phi) is 8.82. The molecular formula is C26H31ClN2O5. The third kappa shape index (κ3) is 6.23. The van der Waals surface area contributed by atoms with E-state index >= 15 is 0 Å². The number of benzene rings is 2. The van der Waals surface area contributed by atoms with Crippen LogP contribution < -0.4 is 20.1 Å². The average molecular weight is 487 g/mol. The molecule has 182 valence electrons. The predicted molar refractivity (Wildman–Crippen MR) is 131 cm³/mol. The Morgan fingerprint density at radius 1 is 1.15 bits per heavy atom. The van der Waals surface area contributed by atoms with E-state index in [1.165, 1.54) is 0 Å². The highest BCUT2D eigenvalue weighted by molar-refractivity contribution is 6.31. The number of urea groups is 1. The van der Waals surface area contributed by atoms with Crippen LogP contribution in [-0.4, -0.2) is 25.2 Å². The Morgan fingerprint density at radius 3 is 2.59 bits per heavy atom. The third-order valence-electron chi connectivity index (χ3n) is 5.36. The van der Waals surface area contributed by atoms with Crippen molar-refractivity contribution in [2.45, 2.75) is 58.8 Å². The smallest absolute Gasteiger partial charge is 0.338 e. The van der Waals surface area contributed by atoms with E-state index in [1.807, 2.05) is 18.2 Å². The van der Waals surface area contributed by atoms with Gasteiger partial charge in [0.15, 0.2) is 11.5 Å². The first-order valence-corrected chi connectivity index (χ1v) is 11.8. The van der Waals surface area contributed by atoms with E-state index in [1.54, 1.807) is 45.2 Å². The van der Waals surface area contributed by atoms with Gasteiger partial charge < -0.3 is 24.8 Å². The van der Waals surface area contributed by atoms with Gasteiger partial charge in [-0.2, -0.15) is 0 Å². The molecule has 0 aromatic heterocycles. The molecule has 3 rings (SSSR count). The lowest BCUT2D eigenvalue weighted by Gasteiger charge is -2.30. The van der Waals surface area contributed by atoms with Gasteiger partial charge in [-0.15, -0.1) is 0 Å². The maximum Gasteiger partial charge on any atom is 0.338 e. The van der Waals surface area contributed by atoms with E-state index in [0.29, 0.717) is 39.8 Å². The molecule has 0 saturated heterocycles. The van der Waals surface area contributed by atoms with Crippen LogP contribution in [0.3, 0.4) is 0 Å². The van der Waals surface area contributed by atoms with Gasteiger partial charge in [0.1, 0.15) is 6.61 Å². The number of rotatable bonds is 10. The fourth-order valence-electron chi connectivity index (χ4n) is 3.69. The minimum absolute atomic E-state index is 0.234. The van der Waals surface area contributed by atoms with Crippen molar-refractivity contribution in [1.82, 2.24) is 10.6 Å². The molecule has 2 aromatic rings. The average Bonchev–Trinajstić information content (AvgIpc) is 2.81. The van der Waals surface area contributed by atoms with Crippen molar-refractivity contribution in [2.24, 2.45) is 0 Å². The number of hydrogen-bond donors (Lipinski definition) is 2. The largest absolute Gasteiger partial charge is 0.493 e. The van der Waals surface area contributed by atoms with E-state index in [9.17, 15) is 9.59 Å². The van der Waals surface area contributed by atoms with E-state index in [4.69, 9.17) is 25.8 Å². The Labute approximate surface area is 205 Å². The fraction of sp³-hybridized carbons (Fsp3) is 0.385. The Bertz CT molecular complexity index is 1070. The number of esters is 1. The van der Waals surface area contributed by atoms with Crippen molar-refractivity contribution in [3.63, 3.8) is 0 Å². The van der Waals surface area contributed by atoms with E-state index in [0.717, 1.165) is 18.4 Å². The predicted octanol–water partition coefficient (Wildman–Crippen LogP) is 5.68. The molecule has 0 bridgehead atoms. The number of carbonyl (C=O) groups is 2. The molecule has 1 aliphatic heterocycles. The van der Waals surface area contributed by atoms with Gasteiger partial charge in [-0.1, -0.05) is 49.2 Å². The summed E-state index contributed by atoms with van der Waals surface area (Å²) >= 11 is 6.26. The van der Waals surface area contributed by atoms with Crippen LogP contribution in [0.5, 0.6) is 11.5 Å². The van der Waals surface area contributed by atoms with Gasteiger partial charge in [0.05, 0.1) is 24.8 Å². The highest BCUT2D eigenvalue weighted by Crippen LogP contribution is 2.36. The molecule has 0 saturated carbocycles. The number of nitrogens with one attached hydrogen (secondary N) is 2. The maximum absolute atomic E-state index is 13.1. The number of unbranched alkanes of at least 4 members (excludes halogenated alkanes) is 1. The van der Waals surface area contributed by atoms with Crippen LogP contribution in [-0.2, 0) is 16.1 Å².